The summed E-state index contributed by atoms with van der Waals surface area (Å²) in [6.45, 7) is 4.04. The van der Waals surface area contributed by atoms with Crippen LogP contribution in [0.1, 0.15) is 52.4 Å². The molecule has 0 spiro atoms. The van der Waals surface area contributed by atoms with Crippen LogP contribution in [0, 0.1) is 0 Å². The third-order valence-corrected chi connectivity index (χ3v) is 2.18. The van der Waals surface area contributed by atoms with Gasteiger partial charge in [0.25, 0.3) is 0 Å². The number of aliphatic carboxylic acids is 1. The Hall–Kier alpha value is 1.17. The van der Waals surface area contributed by atoms with Crippen molar-refractivity contribution in [2.24, 2.45) is 0 Å². The van der Waals surface area contributed by atoms with Gasteiger partial charge in [-0.3, -0.25) is 9.59 Å². The van der Waals surface area contributed by atoms with Crippen LogP contribution < -0.4 is 0 Å². The standard InChI is InChI=1S/C11H20O4.K.Li.2H/c1-3-5-6-7-9(4-2)15-11(14)8-10(12)13;;;;/h9H,3-8H2,1-2H3,(H,12,13);;;;. The molecule has 0 fully saturated rings. The molecule has 0 rings (SSSR count). The summed E-state index contributed by atoms with van der Waals surface area (Å²) in [7, 11) is 0. The topological polar surface area (TPSA) is 63.6 Å². The first-order valence-corrected chi connectivity index (χ1v) is 5.51. The molecule has 0 aliphatic heterocycles. The minimum absolute atomic E-state index is 0. The van der Waals surface area contributed by atoms with E-state index in [1.807, 2.05) is 6.92 Å². The summed E-state index contributed by atoms with van der Waals surface area (Å²) < 4.78 is 5.04. The van der Waals surface area contributed by atoms with Crippen LogP contribution in [0.4, 0.5) is 0 Å². The predicted molar refractivity (Wildman–Crippen MR) is 70.9 cm³/mol. The average molecular weight is 264 g/mol. The van der Waals surface area contributed by atoms with Crippen molar-refractivity contribution in [2.45, 2.75) is 58.5 Å². The van der Waals surface area contributed by atoms with Crippen molar-refractivity contribution in [2.75, 3.05) is 0 Å². The van der Waals surface area contributed by atoms with E-state index in [1.165, 1.54) is 0 Å². The first-order valence-electron chi connectivity index (χ1n) is 5.51. The van der Waals surface area contributed by atoms with Gasteiger partial charge in [0.05, 0.1) is 0 Å². The summed E-state index contributed by atoms with van der Waals surface area (Å²) in [5.74, 6) is -1.77. The molecule has 6 heteroatoms. The van der Waals surface area contributed by atoms with Gasteiger partial charge in [-0.15, -0.1) is 0 Å². The Labute approximate surface area is 158 Å². The normalized spacial score (nSPS) is 10.7. The number of carboxylic acids is 1. The molecule has 1 atom stereocenters. The van der Waals surface area contributed by atoms with Crippen LogP contribution in [0.15, 0.2) is 0 Å². The van der Waals surface area contributed by atoms with E-state index in [0.717, 1.165) is 32.1 Å². The van der Waals surface area contributed by atoms with Crippen molar-refractivity contribution < 1.29 is 19.4 Å². The molecule has 0 aromatic heterocycles. The molecule has 4 nitrogen and oxygen atoms in total. The van der Waals surface area contributed by atoms with Gasteiger partial charge >= 0.3 is 82.2 Å². The fourth-order valence-corrected chi connectivity index (χ4v) is 1.32. The number of carbonyl (C=O) groups is 2. The van der Waals surface area contributed by atoms with Gasteiger partial charge < -0.3 is 9.84 Å². The Morgan fingerprint density at radius 3 is 2.24 bits per heavy atom. The molecule has 1 unspecified atom stereocenters. The molecule has 0 bridgehead atoms. The Morgan fingerprint density at radius 1 is 1.24 bits per heavy atom. The maximum atomic E-state index is 11.1. The Kier molecular flexibility index (Phi) is 20.9. The summed E-state index contributed by atoms with van der Waals surface area (Å²) in [5.41, 5.74) is 0. The number of hydrogen-bond acceptors (Lipinski definition) is 3. The zero-order valence-electron chi connectivity index (χ0n) is 9.49. The minimum atomic E-state index is -1.14. The fourth-order valence-electron chi connectivity index (χ4n) is 1.32. The zero-order chi connectivity index (χ0) is 11.7. The number of rotatable bonds is 8. The van der Waals surface area contributed by atoms with Crippen LogP contribution in [0.5, 0.6) is 0 Å². The molecule has 92 valence electrons. The molecular formula is C11H22KLiO4. The molecule has 0 aromatic rings. The second-order valence-corrected chi connectivity index (χ2v) is 3.59. The van der Waals surface area contributed by atoms with Crippen molar-refractivity contribution in [1.82, 2.24) is 0 Å². The van der Waals surface area contributed by atoms with Gasteiger partial charge in [-0.05, 0) is 19.3 Å². The molecule has 1 N–H and O–H groups in total. The molecule has 17 heavy (non-hydrogen) atoms. The van der Waals surface area contributed by atoms with Crippen LogP contribution in [-0.4, -0.2) is 93.4 Å². The SMILES string of the molecule is CCCCCC(CC)OC(=O)CC(=O)O.[KH].[LiH]. The second kappa shape index (κ2) is 15.2. The molecule has 0 heterocycles. The fraction of sp³-hybridized carbons (Fsp3) is 0.818. The van der Waals surface area contributed by atoms with Crippen LogP contribution >= 0.6 is 0 Å². The van der Waals surface area contributed by atoms with Crippen molar-refractivity contribution in [3.63, 3.8) is 0 Å². The van der Waals surface area contributed by atoms with Gasteiger partial charge in [-0.25, -0.2) is 0 Å². The molecule has 0 radical (unpaired) electrons. The summed E-state index contributed by atoms with van der Waals surface area (Å²) in [6.07, 6.45) is 4.18. The third-order valence-electron chi connectivity index (χ3n) is 2.18. The number of carboxylic acid groups (broad SMARTS) is 1. The van der Waals surface area contributed by atoms with E-state index in [0.29, 0.717) is 0 Å². The molecule has 0 aliphatic rings. The van der Waals surface area contributed by atoms with Crippen LogP contribution in [0.25, 0.3) is 0 Å². The molecule has 0 saturated heterocycles. The van der Waals surface area contributed by atoms with Gasteiger partial charge in [0, 0.05) is 0 Å². The van der Waals surface area contributed by atoms with Crippen molar-refractivity contribution in [3.05, 3.63) is 0 Å². The predicted octanol–water partition coefficient (Wildman–Crippen LogP) is 1.07. The Bertz CT molecular complexity index is 212. The summed E-state index contributed by atoms with van der Waals surface area (Å²) in [6, 6.07) is 0. The average Bonchev–Trinajstić information content (AvgIpc) is 2.15. The van der Waals surface area contributed by atoms with Crippen LogP contribution in [0.2, 0.25) is 0 Å². The Balaban J connectivity index is -0.000000980. The van der Waals surface area contributed by atoms with Gasteiger partial charge in [0.15, 0.2) is 0 Å². The van der Waals surface area contributed by atoms with Gasteiger partial charge in [-0.2, -0.15) is 0 Å². The van der Waals surface area contributed by atoms with Crippen molar-refractivity contribution >= 4 is 82.2 Å². The Morgan fingerprint density at radius 2 is 1.82 bits per heavy atom. The number of hydrogen-bond donors (Lipinski definition) is 1. The van der Waals surface area contributed by atoms with Crippen molar-refractivity contribution in [1.29, 1.82) is 0 Å². The van der Waals surface area contributed by atoms with E-state index in [2.05, 4.69) is 6.92 Å². The molecule has 0 aromatic carbocycles. The van der Waals surface area contributed by atoms with E-state index >= 15 is 0 Å². The van der Waals surface area contributed by atoms with E-state index in [1.54, 1.807) is 0 Å². The van der Waals surface area contributed by atoms with E-state index in [9.17, 15) is 9.59 Å². The number of unbranched alkanes of at least 4 members (excludes halogenated alkanes) is 2. The summed E-state index contributed by atoms with van der Waals surface area (Å²) in [5, 5.41) is 8.38. The van der Waals surface area contributed by atoms with Crippen LogP contribution in [0.3, 0.4) is 0 Å². The molecular weight excluding hydrogens is 242 g/mol. The van der Waals surface area contributed by atoms with E-state index in [4.69, 9.17) is 9.84 Å². The third kappa shape index (κ3) is 15.1. The van der Waals surface area contributed by atoms with Crippen molar-refractivity contribution in [3.8, 4) is 0 Å². The monoisotopic (exact) mass is 264 g/mol. The van der Waals surface area contributed by atoms with Gasteiger partial charge in [0.1, 0.15) is 12.5 Å². The number of esters is 1. The van der Waals surface area contributed by atoms with Crippen LogP contribution in [-0.2, 0) is 14.3 Å². The molecule has 0 saturated carbocycles. The number of ether oxygens (including phenoxy) is 1. The summed E-state index contributed by atoms with van der Waals surface area (Å²) in [4.78, 5) is 21.3. The first-order chi connectivity index (χ1) is 7.10. The van der Waals surface area contributed by atoms with Gasteiger partial charge in [0.2, 0.25) is 0 Å². The quantitative estimate of drug-likeness (QED) is 0.308. The molecule has 0 aliphatic carbocycles. The second-order valence-electron chi connectivity index (χ2n) is 3.59. The summed E-state index contributed by atoms with van der Waals surface area (Å²) >= 11 is 0. The van der Waals surface area contributed by atoms with E-state index < -0.39 is 18.4 Å². The van der Waals surface area contributed by atoms with E-state index in [-0.39, 0.29) is 76.3 Å². The van der Waals surface area contributed by atoms with Gasteiger partial charge in [-0.1, -0.05) is 26.7 Å². The molecule has 0 amide bonds. The first kappa shape index (κ1) is 23.3. The maximum absolute atomic E-state index is 11.1. The number of carbonyl (C=O) groups excluding carboxylic acids is 1. The zero-order valence-corrected chi connectivity index (χ0v) is 9.49.